The molecule has 1 aliphatic rings. The van der Waals surface area contributed by atoms with E-state index in [9.17, 15) is 18.5 Å². The highest BCUT2D eigenvalue weighted by molar-refractivity contribution is 5.61. The van der Waals surface area contributed by atoms with Crippen LogP contribution >= 0.6 is 0 Å². The lowest BCUT2D eigenvalue weighted by atomic mass is 10.2. The average molecular weight is 510 g/mol. The van der Waals surface area contributed by atoms with Crippen LogP contribution in [0.5, 0.6) is 0 Å². The van der Waals surface area contributed by atoms with Crippen molar-refractivity contribution in [2.75, 3.05) is 81.7 Å². The second-order valence-corrected chi connectivity index (χ2v) is 7.78. The summed E-state index contributed by atoms with van der Waals surface area (Å²) in [5, 5.41) is 9.36. The Hall–Kier alpha value is -3.82. The number of alkyl halides is 2. The number of halogens is 2. The molecule has 3 rings (SSSR count). The summed E-state index contributed by atoms with van der Waals surface area (Å²) < 4.78 is 33.2. The molecule has 0 atom stereocenters. The minimum atomic E-state index is -2.89. The van der Waals surface area contributed by atoms with Crippen LogP contribution in [0.15, 0.2) is 11.5 Å². The van der Waals surface area contributed by atoms with E-state index in [1.807, 2.05) is 4.90 Å². The minimum Gasteiger partial charge on any atom is -0.378 e. The molecule has 0 unspecified atom stereocenters. The molecule has 0 aliphatic carbocycles. The molecular weight excluding hydrogens is 480 g/mol. The Bertz CT molecular complexity index is 1010. The predicted molar refractivity (Wildman–Crippen MR) is 128 cm³/mol. The lowest BCUT2D eigenvalue weighted by Crippen LogP contribution is -2.39. The van der Waals surface area contributed by atoms with Gasteiger partial charge in [0.1, 0.15) is 5.69 Å². The molecule has 1 fully saturated rings. The Balaban J connectivity index is 2.04. The van der Waals surface area contributed by atoms with Gasteiger partial charge < -0.3 is 25.2 Å². The second kappa shape index (κ2) is 13.3. The molecule has 0 aromatic carbocycles. The van der Waals surface area contributed by atoms with E-state index in [-0.39, 0.29) is 23.3 Å². The van der Waals surface area contributed by atoms with Crippen LogP contribution in [0, 0.1) is 4.91 Å². The number of aromatic nitrogens is 5. The summed E-state index contributed by atoms with van der Waals surface area (Å²) in [5.74, 6) is 0.579. The fourth-order valence-corrected chi connectivity index (χ4v) is 3.48. The molecule has 3 heterocycles. The van der Waals surface area contributed by atoms with Crippen LogP contribution in [0.1, 0.15) is 18.5 Å². The van der Waals surface area contributed by atoms with E-state index in [0.717, 1.165) is 0 Å². The molecule has 0 saturated carbocycles. The van der Waals surface area contributed by atoms with Crippen LogP contribution in [0.2, 0.25) is 0 Å². The maximum atomic E-state index is 13.9. The van der Waals surface area contributed by atoms with Crippen LogP contribution < -0.4 is 20.4 Å². The standard InChI is InChI=1S/C20H29F2N11O3/c1-23-18-25-12-14(15(26-18)16(21)22)17-27-19(29-20(28-17)33-8-10-36-11-9-33)32(7-4-24-13-34)6-3-5-31(2)30-35/h12-13,16H,3-11H2,1-2H3,(H,24,34)(H,23,25,26). The van der Waals surface area contributed by atoms with Crippen LogP contribution in [0.3, 0.4) is 0 Å². The van der Waals surface area contributed by atoms with Gasteiger partial charge in [-0.1, -0.05) is 0 Å². The molecule has 2 aromatic heterocycles. The Morgan fingerprint density at radius 2 is 1.97 bits per heavy atom. The van der Waals surface area contributed by atoms with Crippen molar-refractivity contribution in [3.8, 4) is 11.4 Å². The molecule has 1 aliphatic heterocycles. The number of anilines is 3. The number of carbonyl (C=O) groups is 1. The maximum absolute atomic E-state index is 13.9. The fraction of sp³-hybridized carbons (Fsp3) is 0.600. The first-order valence-corrected chi connectivity index (χ1v) is 11.3. The van der Waals surface area contributed by atoms with Gasteiger partial charge in [-0.05, 0) is 6.42 Å². The number of ether oxygens (including phenoxy) is 1. The number of morpholine rings is 1. The van der Waals surface area contributed by atoms with Crippen molar-refractivity contribution >= 4 is 24.3 Å². The van der Waals surface area contributed by atoms with Crippen molar-refractivity contribution in [1.29, 1.82) is 0 Å². The number of nitrogens with zero attached hydrogens (tertiary/aromatic N) is 9. The van der Waals surface area contributed by atoms with Gasteiger partial charge in [0.2, 0.25) is 24.3 Å². The Morgan fingerprint density at radius 3 is 2.64 bits per heavy atom. The van der Waals surface area contributed by atoms with E-state index in [1.54, 1.807) is 11.9 Å². The van der Waals surface area contributed by atoms with Crippen molar-refractivity contribution in [2.45, 2.75) is 12.8 Å². The van der Waals surface area contributed by atoms with E-state index >= 15 is 0 Å². The Kier molecular flexibility index (Phi) is 9.91. The number of hydrogen-bond donors (Lipinski definition) is 2. The first-order valence-electron chi connectivity index (χ1n) is 11.3. The van der Waals surface area contributed by atoms with Gasteiger partial charge in [-0.25, -0.2) is 18.7 Å². The summed E-state index contributed by atoms with van der Waals surface area (Å²) in [6, 6.07) is 0. The molecule has 16 heteroatoms. The monoisotopic (exact) mass is 509 g/mol. The summed E-state index contributed by atoms with van der Waals surface area (Å²) >= 11 is 0. The lowest BCUT2D eigenvalue weighted by Gasteiger charge is -2.29. The Morgan fingerprint density at radius 1 is 1.19 bits per heavy atom. The van der Waals surface area contributed by atoms with Crippen molar-refractivity contribution in [3.05, 3.63) is 16.8 Å². The molecular formula is C20H29F2N11O3. The first kappa shape index (κ1) is 26.8. The molecule has 0 radical (unpaired) electrons. The normalized spacial score (nSPS) is 13.4. The molecule has 2 N–H and O–H groups in total. The highest BCUT2D eigenvalue weighted by Gasteiger charge is 2.24. The van der Waals surface area contributed by atoms with E-state index < -0.39 is 12.1 Å². The maximum Gasteiger partial charge on any atom is 0.281 e. The van der Waals surface area contributed by atoms with Crippen molar-refractivity contribution in [2.24, 2.45) is 5.29 Å². The zero-order valence-corrected chi connectivity index (χ0v) is 20.1. The van der Waals surface area contributed by atoms with Crippen LogP contribution in [-0.2, 0) is 9.53 Å². The smallest absolute Gasteiger partial charge is 0.281 e. The van der Waals surface area contributed by atoms with Gasteiger partial charge in [0.15, 0.2) is 5.82 Å². The average Bonchev–Trinajstić information content (AvgIpc) is 2.91. The molecule has 1 amide bonds. The third-order valence-electron chi connectivity index (χ3n) is 5.34. The van der Waals surface area contributed by atoms with Crippen molar-refractivity contribution in [1.82, 2.24) is 35.2 Å². The van der Waals surface area contributed by atoms with E-state index in [4.69, 9.17) is 4.74 Å². The second-order valence-electron chi connectivity index (χ2n) is 7.78. The molecule has 196 valence electrons. The third kappa shape index (κ3) is 7.10. The summed E-state index contributed by atoms with van der Waals surface area (Å²) in [4.78, 5) is 46.7. The number of carbonyl (C=O) groups excluding carboxylic acids is 1. The van der Waals surface area contributed by atoms with Gasteiger partial charge in [0, 0.05) is 59.6 Å². The predicted octanol–water partition coefficient (Wildman–Crippen LogP) is 0.700. The highest BCUT2D eigenvalue weighted by atomic mass is 19.3. The van der Waals surface area contributed by atoms with Gasteiger partial charge in [-0.15, -0.1) is 4.91 Å². The SMILES string of the molecule is CNc1ncc(-c2nc(N(CCCN(C)N=O)CCNC=O)nc(N3CCOCC3)n2)c(C(F)F)n1. The van der Waals surface area contributed by atoms with Crippen LogP contribution in [0.25, 0.3) is 11.4 Å². The van der Waals surface area contributed by atoms with Gasteiger partial charge in [0.25, 0.3) is 6.43 Å². The summed E-state index contributed by atoms with van der Waals surface area (Å²) in [6.45, 7) is 3.38. The Labute approximate surface area is 206 Å². The number of nitroso groups, excluding NO2 is 1. The number of rotatable bonds is 14. The van der Waals surface area contributed by atoms with Crippen molar-refractivity contribution < 1.29 is 18.3 Å². The number of amides is 1. The fourth-order valence-electron chi connectivity index (χ4n) is 3.48. The van der Waals surface area contributed by atoms with Crippen LogP contribution in [0.4, 0.5) is 26.6 Å². The van der Waals surface area contributed by atoms with Gasteiger partial charge in [0.05, 0.1) is 24.1 Å². The number of nitrogens with one attached hydrogen (secondary N) is 2. The first-order chi connectivity index (χ1) is 17.5. The minimum absolute atomic E-state index is 0.000493. The third-order valence-corrected chi connectivity index (χ3v) is 5.34. The summed E-state index contributed by atoms with van der Waals surface area (Å²) in [6.07, 6.45) is -0.526. The zero-order valence-electron chi connectivity index (χ0n) is 20.1. The molecule has 0 bridgehead atoms. The topological polar surface area (TPSA) is 154 Å². The van der Waals surface area contributed by atoms with Gasteiger partial charge in [-0.3, -0.25) is 9.80 Å². The quantitative estimate of drug-likeness (QED) is 0.159. The molecule has 2 aromatic rings. The largest absolute Gasteiger partial charge is 0.378 e. The van der Waals surface area contributed by atoms with Crippen LogP contribution in [-0.4, -0.2) is 103 Å². The zero-order chi connectivity index (χ0) is 25.9. The summed E-state index contributed by atoms with van der Waals surface area (Å²) in [5.41, 5.74) is -0.523. The lowest BCUT2D eigenvalue weighted by molar-refractivity contribution is -0.109. The van der Waals surface area contributed by atoms with E-state index in [0.29, 0.717) is 71.3 Å². The van der Waals surface area contributed by atoms with E-state index in [2.05, 4.69) is 40.8 Å². The van der Waals surface area contributed by atoms with Gasteiger partial charge >= 0.3 is 0 Å². The molecule has 1 saturated heterocycles. The molecule has 14 nitrogen and oxygen atoms in total. The number of hydrogen-bond acceptors (Lipinski definition) is 12. The molecule has 0 spiro atoms. The van der Waals surface area contributed by atoms with Gasteiger partial charge in [-0.2, -0.15) is 15.0 Å². The van der Waals surface area contributed by atoms with E-state index in [1.165, 1.54) is 18.3 Å². The molecule has 36 heavy (non-hydrogen) atoms. The van der Waals surface area contributed by atoms with Crippen molar-refractivity contribution in [3.63, 3.8) is 0 Å². The highest BCUT2D eigenvalue weighted by Crippen LogP contribution is 2.30. The summed E-state index contributed by atoms with van der Waals surface area (Å²) in [7, 11) is 3.09.